The van der Waals surface area contributed by atoms with Gasteiger partial charge in [-0.25, -0.2) is 0 Å². The minimum absolute atomic E-state index is 0. The highest BCUT2D eigenvalue weighted by molar-refractivity contribution is 5.85. The van der Waals surface area contributed by atoms with Gasteiger partial charge in [0.2, 0.25) is 0 Å². The van der Waals surface area contributed by atoms with E-state index in [0.29, 0.717) is 0 Å². The standard InChI is InChI=1S/C17H21NO2.ClH/c1-19-16-11-9-14(12-17(16)20-2)15(18)10-8-13-6-4-3-5-7-13;/h3-7,9,11-12,15H,8,10,18H2,1-2H3;1H. The summed E-state index contributed by atoms with van der Waals surface area (Å²) in [4.78, 5) is 0. The molecule has 2 aromatic carbocycles. The molecule has 0 heterocycles. The SMILES string of the molecule is COc1ccc(C(N)CCc2ccccc2)cc1OC.Cl. The fourth-order valence-electron chi connectivity index (χ4n) is 2.22. The lowest BCUT2D eigenvalue weighted by Crippen LogP contribution is -2.11. The van der Waals surface area contributed by atoms with Gasteiger partial charge in [-0.3, -0.25) is 0 Å². The zero-order valence-corrected chi connectivity index (χ0v) is 13.2. The molecule has 0 aromatic heterocycles. The molecule has 0 saturated carbocycles. The summed E-state index contributed by atoms with van der Waals surface area (Å²) in [5, 5.41) is 0. The molecular weight excluding hydrogens is 286 g/mol. The topological polar surface area (TPSA) is 44.5 Å². The van der Waals surface area contributed by atoms with Crippen LogP contribution in [0, 0.1) is 0 Å². The predicted molar refractivity (Wildman–Crippen MR) is 88.5 cm³/mol. The summed E-state index contributed by atoms with van der Waals surface area (Å²) in [7, 11) is 3.27. The van der Waals surface area contributed by atoms with E-state index in [1.54, 1.807) is 14.2 Å². The van der Waals surface area contributed by atoms with Crippen molar-refractivity contribution in [3.05, 3.63) is 59.7 Å². The summed E-state index contributed by atoms with van der Waals surface area (Å²) in [6.45, 7) is 0. The van der Waals surface area contributed by atoms with Gasteiger partial charge in [0.15, 0.2) is 11.5 Å². The molecule has 0 radical (unpaired) electrons. The largest absolute Gasteiger partial charge is 0.493 e. The van der Waals surface area contributed by atoms with Crippen LogP contribution in [0.5, 0.6) is 11.5 Å². The average molecular weight is 308 g/mol. The third-order valence-corrected chi connectivity index (χ3v) is 3.42. The number of rotatable bonds is 6. The van der Waals surface area contributed by atoms with Crippen LogP contribution in [0.4, 0.5) is 0 Å². The van der Waals surface area contributed by atoms with Crippen LogP contribution in [0.15, 0.2) is 48.5 Å². The van der Waals surface area contributed by atoms with E-state index in [4.69, 9.17) is 15.2 Å². The number of halogens is 1. The van der Waals surface area contributed by atoms with Crippen molar-refractivity contribution < 1.29 is 9.47 Å². The summed E-state index contributed by atoms with van der Waals surface area (Å²) < 4.78 is 10.5. The van der Waals surface area contributed by atoms with E-state index in [1.807, 2.05) is 24.3 Å². The first-order valence-electron chi connectivity index (χ1n) is 6.76. The van der Waals surface area contributed by atoms with Crippen LogP contribution >= 0.6 is 12.4 Å². The number of benzene rings is 2. The number of ether oxygens (including phenoxy) is 2. The molecule has 21 heavy (non-hydrogen) atoms. The van der Waals surface area contributed by atoms with Crippen LogP contribution in [0.25, 0.3) is 0 Å². The van der Waals surface area contributed by atoms with Crippen molar-refractivity contribution in [1.82, 2.24) is 0 Å². The van der Waals surface area contributed by atoms with Crippen molar-refractivity contribution in [2.24, 2.45) is 5.73 Å². The maximum absolute atomic E-state index is 6.26. The Morgan fingerprint density at radius 1 is 0.952 bits per heavy atom. The first-order chi connectivity index (χ1) is 9.74. The Labute approximate surface area is 132 Å². The Morgan fingerprint density at radius 2 is 1.62 bits per heavy atom. The molecule has 0 aliphatic carbocycles. The number of nitrogens with two attached hydrogens (primary N) is 1. The summed E-state index contributed by atoms with van der Waals surface area (Å²) in [6, 6.07) is 16.2. The van der Waals surface area contributed by atoms with Gasteiger partial charge in [-0.2, -0.15) is 0 Å². The van der Waals surface area contributed by atoms with E-state index >= 15 is 0 Å². The van der Waals surface area contributed by atoms with Crippen LogP contribution in [0.1, 0.15) is 23.6 Å². The van der Waals surface area contributed by atoms with Crippen LogP contribution in [0.3, 0.4) is 0 Å². The fraction of sp³-hybridized carbons (Fsp3) is 0.294. The van der Waals surface area contributed by atoms with Crippen molar-refractivity contribution >= 4 is 12.4 Å². The summed E-state index contributed by atoms with van der Waals surface area (Å²) in [6.07, 6.45) is 1.87. The van der Waals surface area contributed by atoms with Crippen LogP contribution in [-0.2, 0) is 6.42 Å². The van der Waals surface area contributed by atoms with Crippen LogP contribution < -0.4 is 15.2 Å². The van der Waals surface area contributed by atoms with E-state index in [9.17, 15) is 0 Å². The van der Waals surface area contributed by atoms with E-state index in [1.165, 1.54) is 5.56 Å². The molecule has 1 atom stereocenters. The van der Waals surface area contributed by atoms with Gasteiger partial charge in [-0.05, 0) is 36.1 Å². The molecule has 4 heteroatoms. The lowest BCUT2D eigenvalue weighted by molar-refractivity contribution is 0.354. The molecule has 2 aromatic rings. The molecular formula is C17H22ClNO2. The Kier molecular flexibility index (Phi) is 7.06. The number of hydrogen-bond acceptors (Lipinski definition) is 3. The van der Waals surface area contributed by atoms with E-state index in [-0.39, 0.29) is 18.4 Å². The Balaban J connectivity index is 0.00000220. The second-order valence-electron chi connectivity index (χ2n) is 4.75. The van der Waals surface area contributed by atoms with Crippen LogP contribution in [0.2, 0.25) is 0 Å². The number of aryl methyl sites for hydroxylation is 1. The Bertz CT molecular complexity index is 546. The molecule has 0 fully saturated rings. The predicted octanol–water partition coefficient (Wildman–Crippen LogP) is 3.76. The molecule has 0 amide bonds. The third-order valence-electron chi connectivity index (χ3n) is 3.42. The first kappa shape index (κ1) is 17.3. The molecule has 0 spiro atoms. The second-order valence-corrected chi connectivity index (χ2v) is 4.75. The quantitative estimate of drug-likeness (QED) is 0.884. The highest BCUT2D eigenvalue weighted by Gasteiger charge is 2.10. The molecule has 114 valence electrons. The lowest BCUT2D eigenvalue weighted by Gasteiger charge is -2.15. The van der Waals surface area contributed by atoms with Gasteiger partial charge in [0.05, 0.1) is 14.2 Å². The minimum Gasteiger partial charge on any atom is -0.493 e. The van der Waals surface area contributed by atoms with E-state index < -0.39 is 0 Å². The minimum atomic E-state index is -0.00462. The lowest BCUT2D eigenvalue weighted by atomic mass is 9.99. The Hall–Kier alpha value is -1.71. The van der Waals surface area contributed by atoms with Crippen molar-refractivity contribution in [3.63, 3.8) is 0 Å². The van der Waals surface area contributed by atoms with Crippen molar-refractivity contribution in [3.8, 4) is 11.5 Å². The summed E-state index contributed by atoms with van der Waals surface area (Å²) >= 11 is 0. The van der Waals surface area contributed by atoms with Crippen LogP contribution in [-0.4, -0.2) is 14.2 Å². The fourth-order valence-corrected chi connectivity index (χ4v) is 2.22. The first-order valence-corrected chi connectivity index (χ1v) is 6.76. The zero-order chi connectivity index (χ0) is 14.4. The van der Waals surface area contributed by atoms with Gasteiger partial charge in [0.25, 0.3) is 0 Å². The van der Waals surface area contributed by atoms with Gasteiger partial charge in [0, 0.05) is 6.04 Å². The van der Waals surface area contributed by atoms with E-state index in [2.05, 4.69) is 24.3 Å². The third kappa shape index (κ3) is 4.66. The van der Waals surface area contributed by atoms with E-state index in [0.717, 1.165) is 29.9 Å². The maximum Gasteiger partial charge on any atom is 0.161 e. The molecule has 2 N–H and O–H groups in total. The molecule has 3 nitrogen and oxygen atoms in total. The molecule has 0 aliphatic rings. The van der Waals surface area contributed by atoms with Crippen molar-refractivity contribution in [1.29, 1.82) is 0 Å². The summed E-state index contributed by atoms with van der Waals surface area (Å²) in [5.74, 6) is 1.45. The monoisotopic (exact) mass is 307 g/mol. The average Bonchev–Trinajstić information content (AvgIpc) is 2.52. The maximum atomic E-state index is 6.26. The van der Waals surface area contributed by atoms with Crippen molar-refractivity contribution in [2.75, 3.05) is 14.2 Å². The smallest absolute Gasteiger partial charge is 0.161 e. The number of hydrogen-bond donors (Lipinski definition) is 1. The molecule has 1 unspecified atom stereocenters. The number of methoxy groups -OCH3 is 2. The highest BCUT2D eigenvalue weighted by Crippen LogP contribution is 2.30. The second kappa shape index (κ2) is 8.55. The highest BCUT2D eigenvalue weighted by atomic mass is 35.5. The molecule has 0 saturated heterocycles. The Morgan fingerprint density at radius 3 is 2.24 bits per heavy atom. The zero-order valence-electron chi connectivity index (χ0n) is 12.4. The summed E-state index contributed by atoms with van der Waals surface area (Å²) in [5.41, 5.74) is 8.64. The normalized spacial score (nSPS) is 11.4. The van der Waals surface area contributed by atoms with Gasteiger partial charge in [-0.15, -0.1) is 12.4 Å². The molecule has 0 bridgehead atoms. The van der Waals surface area contributed by atoms with Gasteiger partial charge in [0.1, 0.15) is 0 Å². The van der Waals surface area contributed by atoms with Gasteiger partial charge >= 0.3 is 0 Å². The van der Waals surface area contributed by atoms with Crippen molar-refractivity contribution in [2.45, 2.75) is 18.9 Å². The molecule has 0 aliphatic heterocycles. The van der Waals surface area contributed by atoms with Gasteiger partial charge < -0.3 is 15.2 Å². The van der Waals surface area contributed by atoms with Gasteiger partial charge in [-0.1, -0.05) is 36.4 Å². The molecule has 2 rings (SSSR count).